The number of hydrogen-bond acceptors (Lipinski definition) is 3. The summed E-state index contributed by atoms with van der Waals surface area (Å²) in [5.74, 6) is 2.55. The molecule has 1 aromatic carbocycles. The van der Waals surface area contributed by atoms with E-state index in [4.69, 9.17) is 11.6 Å². The fraction of sp³-hybridized carbons (Fsp3) is 0.556. The summed E-state index contributed by atoms with van der Waals surface area (Å²) in [6.45, 7) is 0. The summed E-state index contributed by atoms with van der Waals surface area (Å²) in [4.78, 5) is 17.6. The molecule has 0 atom stereocenters. The molecule has 120 valence electrons. The molecular formula is C18H19ClN2OS. The van der Waals surface area contributed by atoms with Crippen molar-refractivity contribution in [1.82, 2.24) is 4.98 Å². The minimum absolute atomic E-state index is 0.121. The van der Waals surface area contributed by atoms with Crippen molar-refractivity contribution in [2.45, 2.75) is 38.5 Å². The van der Waals surface area contributed by atoms with Gasteiger partial charge in [-0.05, 0) is 74.5 Å². The molecule has 6 rings (SSSR count). The average Bonchev–Trinajstić information content (AvgIpc) is 2.87. The van der Waals surface area contributed by atoms with Crippen LogP contribution in [0, 0.1) is 23.2 Å². The van der Waals surface area contributed by atoms with Gasteiger partial charge in [-0.2, -0.15) is 0 Å². The highest BCUT2D eigenvalue weighted by atomic mass is 35.5. The number of fused-ring (bicyclic) bond motifs is 1. The van der Waals surface area contributed by atoms with Crippen molar-refractivity contribution >= 4 is 44.2 Å². The first-order chi connectivity index (χ1) is 11.1. The molecule has 0 unspecified atom stereocenters. The fourth-order valence-corrected chi connectivity index (χ4v) is 6.71. The van der Waals surface area contributed by atoms with Crippen LogP contribution >= 0.6 is 22.9 Å². The van der Waals surface area contributed by atoms with E-state index >= 15 is 0 Å². The normalized spacial score (nSPS) is 34.9. The molecule has 0 spiro atoms. The Balaban J connectivity index is 1.42. The largest absolute Gasteiger partial charge is 0.301 e. The zero-order chi connectivity index (χ0) is 15.6. The quantitative estimate of drug-likeness (QED) is 0.821. The van der Waals surface area contributed by atoms with Crippen molar-refractivity contribution in [3.63, 3.8) is 0 Å². The second kappa shape index (κ2) is 4.93. The standard InChI is InChI=1S/C18H19ClN2OS/c19-13-1-2-14-15(6-13)23-17(20-14)21-16(22)18-7-10-3-11(8-18)5-12(4-10)9-18/h1-2,6,10-12H,3-5,7-9H2,(H,20,21,22). The molecule has 1 amide bonds. The smallest absolute Gasteiger partial charge is 0.232 e. The topological polar surface area (TPSA) is 42.0 Å². The Morgan fingerprint density at radius 3 is 2.48 bits per heavy atom. The zero-order valence-corrected chi connectivity index (χ0v) is 14.4. The van der Waals surface area contributed by atoms with Gasteiger partial charge < -0.3 is 5.32 Å². The lowest BCUT2D eigenvalue weighted by Crippen LogP contribution is -2.51. The number of carbonyl (C=O) groups excluding carboxylic acids is 1. The Kier molecular flexibility index (Phi) is 3.05. The minimum Gasteiger partial charge on any atom is -0.301 e. The van der Waals surface area contributed by atoms with E-state index in [0.29, 0.717) is 10.2 Å². The summed E-state index contributed by atoms with van der Waals surface area (Å²) >= 11 is 7.55. The maximum absolute atomic E-state index is 13.0. The van der Waals surface area contributed by atoms with E-state index in [2.05, 4.69) is 10.3 Å². The van der Waals surface area contributed by atoms with Crippen molar-refractivity contribution in [3.8, 4) is 0 Å². The molecule has 3 nitrogen and oxygen atoms in total. The summed E-state index contributed by atoms with van der Waals surface area (Å²) in [6, 6.07) is 5.66. The Labute approximate surface area is 144 Å². The van der Waals surface area contributed by atoms with E-state index in [1.54, 1.807) is 0 Å². The molecule has 1 N–H and O–H groups in total. The molecule has 4 bridgehead atoms. The number of anilines is 1. The van der Waals surface area contributed by atoms with Crippen LogP contribution in [0.25, 0.3) is 10.2 Å². The van der Waals surface area contributed by atoms with Crippen LogP contribution in [-0.2, 0) is 4.79 Å². The first kappa shape index (κ1) is 14.2. The molecule has 1 heterocycles. The third-order valence-corrected chi connectivity index (χ3v) is 7.26. The lowest BCUT2D eigenvalue weighted by atomic mass is 9.49. The van der Waals surface area contributed by atoms with Gasteiger partial charge >= 0.3 is 0 Å². The second-order valence-corrected chi connectivity index (χ2v) is 9.25. The molecule has 2 aromatic rings. The van der Waals surface area contributed by atoms with Crippen LogP contribution in [0.4, 0.5) is 5.13 Å². The number of benzene rings is 1. The third kappa shape index (κ3) is 2.30. The predicted octanol–water partition coefficient (Wildman–Crippen LogP) is 5.10. The molecule has 0 aliphatic heterocycles. The lowest BCUT2D eigenvalue weighted by molar-refractivity contribution is -0.140. The van der Waals surface area contributed by atoms with Gasteiger partial charge in [-0.15, -0.1) is 0 Å². The van der Waals surface area contributed by atoms with E-state index in [0.717, 1.165) is 47.2 Å². The highest BCUT2D eigenvalue weighted by Gasteiger charge is 2.54. The maximum atomic E-state index is 13.0. The Hall–Kier alpha value is -1.13. The van der Waals surface area contributed by atoms with Gasteiger partial charge in [0, 0.05) is 5.02 Å². The van der Waals surface area contributed by atoms with Crippen molar-refractivity contribution in [2.75, 3.05) is 5.32 Å². The minimum atomic E-state index is -0.121. The van der Waals surface area contributed by atoms with E-state index in [9.17, 15) is 4.79 Å². The van der Waals surface area contributed by atoms with Gasteiger partial charge in [-0.1, -0.05) is 22.9 Å². The van der Waals surface area contributed by atoms with E-state index in [-0.39, 0.29) is 11.3 Å². The molecule has 1 aromatic heterocycles. The Bertz CT molecular complexity index is 764. The van der Waals surface area contributed by atoms with Gasteiger partial charge in [0.05, 0.1) is 15.6 Å². The number of nitrogens with zero attached hydrogens (tertiary/aromatic N) is 1. The summed E-state index contributed by atoms with van der Waals surface area (Å²) < 4.78 is 1.03. The molecular weight excluding hydrogens is 328 g/mol. The summed E-state index contributed by atoms with van der Waals surface area (Å²) in [5.41, 5.74) is 0.782. The summed E-state index contributed by atoms with van der Waals surface area (Å²) in [7, 11) is 0. The highest BCUT2D eigenvalue weighted by Crippen LogP contribution is 2.60. The van der Waals surface area contributed by atoms with Gasteiger partial charge in [0.2, 0.25) is 5.91 Å². The SMILES string of the molecule is O=C(Nc1nc2ccc(Cl)cc2s1)C12CC3CC(CC(C3)C1)C2. The summed E-state index contributed by atoms with van der Waals surface area (Å²) in [5, 5.41) is 4.55. The molecule has 0 saturated heterocycles. The maximum Gasteiger partial charge on any atom is 0.232 e. The number of nitrogens with one attached hydrogen (secondary N) is 1. The van der Waals surface area contributed by atoms with Crippen LogP contribution in [0.3, 0.4) is 0 Å². The number of hydrogen-bond donors (Lipinski definition) is 1. The van der Waals surface area contributed by atoms with Crippen LogP contribution in [0.15, 0.2) is 18.2 Å². The average molecular weight is 347 g/mol. The molecule has 0 radical (unpaired) electrons. The van der Waals surface area contributed by atoms with E-state index in [1.165, 1.54) is 30.6 Å². The molecule has 4 aliphatic rings. The van der Waals surface area contributed by atoms with Gasteiger partial charge in [0.1, 0.15) is 0 Å². The Morgan fingerprint density at radius 1 is 1.17 bits per heavy atom. The number of carbonyl (C=O) groups is 1. The van der Waals surface area contributed by atoms with Crippen molar-refractivity contribution in [3.05, 3.63) is 23.2 Å². The first-order valence-electron chi connectivity index (χ1n) is 8.47. The van der Waals surface area contributed by atoms with Gasteiger partial charge in [-0.3, -0.25) is 4.79 Å². The highest BCUT2D eigenvalue weighted by molar-refractivity contribution is 7.22. The number of rotatable bonds is 2. The van der Waals surface area contributed by atoms with Gasteiger partial charge in [-0.25, -0.2) is 4.98 Å². The van der Waals surface area contributed by atoms with E-state index in [1.807, 2.05) is 18.2 Å². The Morgan fingerprint density at radius 2 is 1.83 bits per heavy atom. The van der Waals surface area contributed by atoms with Gasteiger partial charge in [0.15, 0.2) is 5.13 Å². The number of thiazole rings is 1. The number of aromatic nitrogens is 1. The first-order valence-corrected chi connectivity index (χ1v) is 9.67. The van der Waals surface area contributed by atoms with Gasteiger partial charge in [0.25, 0.3) is 0 Å². The monoisotopic (exact) mass is 346 g/mol. The predicted molar refractivity (Wildman–Crippen MR) is 93.9 cm³/mol. The van der Waals surface area contributed by atoms with Crippen molar-refractivity contribution in [2.24, 2.45) is 23.2 Å². The van der Waals surface area contributed by atoms with Crippen LogP contribution in [0.2, 0.25) is 5.02 Å². The number of halogens is 1. The van der Waals surface area contributed by atoms with E-state index < -0.39 is 0 Å². The summed E-state index contributed by atoms with van der Waals surface area (Å²) in [6.07, 6.45) is 7.31. The molecule has 4 aliphatic carbocycles. The van der Waals surface area contributed by atoms with Crippen LogP contribution in [0.1, 0.15) is 38.5 Å². The zero-order valence-electron chi connectivity index (χ0n) is 12.8. The number of amides is 1. The van der Waals surface area contributed by atoms with Crippen LogP contribution < -0.4 is 5.32 Å². The van der Waals surface area contributed by atoms with Crippen LogP contribution in [0.5, 0.6) is 0 Å². The lowest BCUT2D eigenvalue weighted by Gasteiger charge is -2.55. The molecule has 23 heavy (non-hydrogen) atoms. The fourth-order valence-electron chi connectivity index (χ4n) is 5.57. The van der Waals surface area contributed by atoms with Crippen LogP contribution in [-0.4, -0.2) is 10.9 Å². The molecule has 5 heteroatoms. The molecule has 4 saturated carbocycles. The third-order valence-electron chi connectivity index (χ3n) is 6.09. The molecule has 4 fully saturated rings. The van der Waals surface area contributed by atoms with Crippen molar-refractivity contribution in [1.29, 1.82) is 0 Å². The second-order valence-electron chi connectivity index (χ2n) is 7.78. The van der Waals surface area contributed by atoms with Crippen molar-refractivity contribution < 1.29 is 4.79 Å².